The molecule has 0 aromatic heterocycles. The van der Waals surface area contributed by atoms with Gasteiger partial charge in [-0.2, -0.15) is 0 Å². The van der Waals surface area contributed by atoms with Crippen LogP contribution in [-0.2, 0) is 0 Å². The van der Waals surface area contributed by atoms with Gasteiger partial charge in [-0.25, -0.2) is 0 Å². The molecule has 1 aliphatic rings. The number of benzene rings is 1. The van der Waals surface area contributed by atoms with Crippen molar-refractivity contribution in [2.45, 2.75) is 58.2 Å². The van der Waals surface area contributed by atoms with E-state index in [-0.39, 0.29) is 0 Å². The van der Waals surface area contributed by atoms with E-state index in [1.165, 1.54) is 19.3 Å². The Morgan fingerprint density at radius 1 is 1.22 bits per heavy atom. The highest BCUT2D eigenvalue weighted by Crippen LogP contribution is 2.32. The molecule has 2 nitrogen and oxygen atoms in total. The molecule has 1 aromatic carbocycles. The van der Waals surface area contributed by atoms with Crippen LogP contribution in [0.15, 0.2) is 24.3 Å². The molecule has 1 fully saturated rings. The van der Waals surface area contributed by atoms with Gasteiger partial charge in [-0.3, -0.25) is 0 Å². The van der Waals surface area contributed by atoms with Gasteiger partial charge in [0.15, 0.2) is 0 Å². The molecular formula is C16H24O2. The summed E-state index contributed by atoms with van der Waals surface area (Å²) in [4.78, 5) is 0. The lowest BCUT2D eigenvalue weighted by molar-refractivity contribution is 0.122. The molecule has 0 heterocycles. The Morgan fingerprint density at radius 2 is 1.89 bits per heavy atom. The van der Waals surface area contributed by atoms with Crippen LogP contribution in [0, 0.1) is 5.92 Å². The fourth-order valence-corrected chi connectivity index (χ4v) is 2.77. The van der Waals surface area contributed by atoms with Gasteiger partial charge in [0.05, 0.1) is 12.2 Å². The SMILES string of the molecule is CCC1CCC(Oc2ccccc2[C@@H](C)O)CC1. The predicted octanol–water partition coefficient (Wildman–Crippen LogP) is 4.09. The summed E-state index contributed by atoms with van der Waals surface area (Å²) < 4.78 is 6.08. The van der Waals surface area contributed by atoms with Gasteiger partial charge >= 0.3 is 0 Å². The first-order valence-corrected chi connectivity index (χ1v) is 7.14. The molecule has 0 spiro atoms. The quantitative estimate of drug-likeness (QED) is 0.869. The number of aliphatic hydroxyl groups is 1. The minimum Gasteiger partial charge on any atom is -0.490 e. The average Bonchev–Trinajstić information content (AvgIpc) is 2.40. The summed E-state index contributed by atoms with van der Waals surface area (Å²) >= 11 is 0. The number of ether oxygens (including phenoxy) is 1. The molecule has 18 heavy (non-hydrogen) atoms. The molecule has 1 aliphatic carbocycles. The summed E-state index contributed by atoms with van der Waals surface area (Å²) in [5, 5.41) is 9.73. The lowest BCUT2D eigenvalue weighted by Crippen LogP contribution is -2.24. The van der Waals surface area contributed by atoms with Crippen molar-refractivity contribution in [2.75, 3.05) is 0 Å². The molecular weight excluding hydrogens is 224 g/mol. The first kappa shape index (κ1) is 13.4. The number of para-hydroxylation sites is 1. The molecule has 2 heteroatoms. The van der Waals surface area contributed by atoms with Gasteiger partial charge in [0.25, 0.3) is 0 Å². The second-order valence-electron chi connectivity index (χ2n) is 5.38. The van der Waals surface area contributed by atoms with Crippen LogP contribution in [0.1, 0.15) is 57.6 Å². The van der Waals surface area contributed by atoms with E-state index in [4.69, 9.17) is 4.74 Å². The zero-order valence-corrected chi connectivity index (χ0v) is 11.4. The zero-order valence-electron chi connectivity index (χ0n) is 11.4. The van der Waals surface area contributed by atoms with Gasteiger partial charge in [0.1, 0.15) is 5.75 Å². The number of rotatable bonds is 4. The van der Waals surface area contributed by atoms with Gasteiger partial charge < -0.3 is 9.84 Å². The van der Waals surface area contributed by atoms with Crippen molar-refractivity contribution in [1.82, 2.24) is 0 Å². The smallest absolute Gasteiger partial charge is 0.125 e. The molecule has 1 aromatic rings. The molecule has 0 bridgehead atoms. The van der Waals surface area contributed by atoms with E-state index in [2.05, 4.69) is 6.92 Å². The van der Waals surface area contributed by atoms with Crippen LogP contribution in [0.4, 0.5) is 0 Å². The third-order valence-electron chi connectivity index (χ3n) is 4.03. The van der Waals surface area contributed by atoms with E-state index in [0.717, 1.165) is 30.1 Å². The minimum atomic E-state index is -0.465. The summed E-state index contributed by atoms with van der Waals surface area (Å²) in [6.45, 7) is 4.06. The molecule has 100 valence electrons. The zero-order chi connectivity index (χ0) is 13.0. The van der Waals surface area contributed by atoms with Crippen LogP contribution in [0.25, 0.3) is 0 Å². The predicted molar refractivity (Wildman–Crippen MR) is 73.7 cm³/mol. The number of hydrogen-bond donors (Lipinski definition) is 1. The van der Waals surface area contributed by atoms with Gasteiger partial charge in [-0.1, -0.05) is 31.5 Å². The van der Waals surface area contributed by atoms with Crippen LogP contribution < -0.4 is 4.74 Å². The van der Waals surface area contributed by atoms with Crippen LogP contribution in [0.5, 0.6) is 5.75 Å². The average molecular weight is 248 g/mol. The summed E-state index contributed by atoms with van der Waals surface area (Å²) in [6, 6.07) is 7.83. The second kappa shape index (κ2) is 6.24. The maximum Gasteiger partial charge on any atom is 0.125 e. The summed E-state index contributed by atoms with van der Waals surface area (Å²) in [5.74, 6) is 1.74. The summed E-state index contributed by atoms with van der Waals surface area (Å²) in [6.07, 6.45) is 5.99. The molecule has 1 atom stereocenters. The monoisotopic (exact) mass is 248 g/mol. The standard InChI is InChI=1S/C16H24O2/c1-3-13-8-10-14(11-9-13)18-16-7-5-4-6-15(16)12(2)17/h4-7,12-14,17H,3,8-11H2,1-2H3/t12-,13?,14?/m1/s1. The van der Waals surface area contributed by atoms with Crippen molar-refractivity contribution in [3.05, 3.63) is 29.8 Å². The fourth-order valence-electron chi connectivity index (χ4n) is 2.77. The second-order valence-corrected chi connectivity index (χ2v) is 5.38. The molecule has 0 aliphatic heterocycles. The highest BCUT2D eigenvalue weighted by atomic mass is 16.5. The minimum absolute atomic E-state index is 0.327. The van der Waals surface area contributed by atoms with Gasteiger partial charge in [0.2, 0.25) is 0 Å². The maximum absolute atomic E-state index is 9.73. The van der Waals surface area contributed by atoms with E-state index >= 15 is 0 Å². The highest BCUT2D eigenvalue weighted by molar-refractivity contribution is 5.34. The Hall–Kier alpha value is -1.02. The molecule has 0 saturated heterocycles. The topological polar surface area (TPSA) is 29.5 Å². The van der Waals surface area contributed by atoms with Crippen molar-refractivity contribution in [3.63, 3.8) is 0 Å². The van der Waals surface area contributed by atoms with Crippen molar-refractivity contribution in [2.24, 2.45) is 5.92 Å². The first-order chi connectivity index (χ1) is 8.70. The lowest BCUT2D eigenvalue weighted by Gasteiger charge is -2.29. The van der Waals surface area contributed by atoms with E-state index in [9.17, 15) is 5.11 Å². The number of hydrogen-bond acceptors (Lipinski definition) is 2. The Morgan fingerprint density at radius 3 is 2.50 bits per heavy atom. The van der Waals surface area contributed by atoms with Crippen LogP contribution >= 0.6 is 0 Å². The Kier molecular flexibility index (Phi) is 4.65. The first-order valence-electron chi connectivity index (χ1n) is 7.14. The Balaban J connectivity index is 1.98. The molecule has 0 amide bonds. The van der Waals surface area contributed by atoms with Crippen LogP contribution in [-0.4, -0.2) is 11.2 Å². The van der Waals surface area contributed by atoms with Crippen LogP contribution in [0.2, 0.25) is 0 Å². The molecule has 1 N–H and O–H groups in total. The van der Waals surface area contributed by atoms with Crippen LogP contribution in [0.3, 0.4) is 0 Å². The Labute approximate surface area is 110 Å². The third-order valence-corrected chi connectivity index (χ3v) is 4.03. The molecule has 0 radical (unpaired) electrons. The van der Waals surface area contributed by atoms with Gasteiger partial charge in [-0.05, 0) is 44.6 Å². The van der Waals surface area contributed by atoms with E-state index in [0.29, 0.717) is 6.10 Å². The lowest BCUT2D eigenvalue weighted by atomic mass is 9.86. The highest BCUT2D eigenvalue weighted by Gasteiger charge is 2.22. The van der Waals surface area contributed by atoms with E-state index < -0.39 is 6.10 Å². The normalized spacial score (nSPS) is 25.7. The maximum atomic E-state index is 9.73. The van der Waals surface area contributed by atoms with Crippen molar-refractivity contribution >= 4 is 0 Å². The molecule has 1 saturated carbocycles. The fraction of sp³-hybridized carbons (Fsp3) is 0.625. The van der Waals surface area contributed by atoms with Crippen molar-refractivity contribution < 1.29 is 9.84 Å². The summed E-state index contributed by atoms with van der Waals surface area (Å²) in [7, 11) is 0. The van der Waals surface area contributed by atoms with Crippen molar-refractivity contribution in [1.29, 1.82) is 0 Å². The summed E-state index contributed by atoms with van der Waals surface area (Å²) in [5.41, 5.74) is 0.898. The van der Waals surface area contributed by atoms with E-state index in [1.54, 1.807) is 6.92 Å². The van der Waals surface area contributed by atoms with Crippen molar-refractivity contribution in [3.8, 4) is 5.75 Å². The third kappa shape index (κ3) is 3.26. The van der Waals surface area contributed by atoms with Gasteiger partial charge in [0, 0.05) is 5.56 Å². The molecule has 2 rings (SSSR count). The largest absolute Gasteiger partial charge is 0.490 e. The Bertz CT molecular complexity index is 365. The molecule has 0 unspecified atom stereocenters. The van der Waals surface area contributed by atoms with E-state index in [1.807, 2.05) is 24.3 Å². The van der Waals surface area contributed by atoms with Gasteiger partial charge in [-0.15, -0.1) is 0 Å². The number of aliphatic hydroxyl groups excluding tert-OH is 1.